The van der Waals surface area contributed by atoms with Crippen LogP contribution in [0, 0.1) is 10.1 Å². The van der Waals surface area contributed by atoms with Crippen LogP contribution in [0.5, 0.6) is 5.75 Å². The number of hydrogen-bond acceptors (Lipinski definition) is 6. The van der Waals surface area contributed by atoms with Gasteiger partial charge in [0.1, 0.15) is 5.75 Å². The molecule has 2 aromatic carbocycles. The highest BCUT2D eigenvalue weighted by atomic mass is 32.2. The fourth-order valence-electron chi connectivity index (χ4n) is 3.54. The van der Waals surface area contributed by atoms with Crippen molar-refractivity contribution in [2.45, 2.75) is 11.3 Å². The average molecular weight is 417 g/mol. The maximum absolute atomic E-state index is 12.8. The molecule has 2 aliphatic rings. The Morgan fingerprint density at radius 2 is 1.83 bits per heavy atom. The monoisotopic (exact) mass is 417 g/mol. The van der Waals surface area contributed by atoms with Gasteiger partial charge in [0.25, 0.3) is 11.6 Å². The third kappa shape index (κ3) is 3.68. The van der Waals surface area contributed by atoms with Crippen molar-refractivity contribution in [3.63, 3.8) is 0 Å². The summed E-state index contributed by atoms with van der Waals surface area (Å²) in [5, 5.41) is 10.9. The molecule has 0 aromatic heterocycles. The van der Waals surface area contributed by atoms with Crippen molar-refractivity contribution >= 4 is 21.6 Å². The lowest BCUT2D eigenvalue weighted by atomic mass is 10.1. The average Bonchev–Trinajstić information content (AvgIpc) is 3.21. The molecule has 4 rings (SSSR count). The van der Waals surface area contributed by atoms with Gasteiger partial charge in [-0.25, -0.2) is 8.42 Å². The SMILES string of the molecule is O=C(c1ccc2c(c1)CCO2)N1CCN(S(=O)(=O)c2cccc([N+](=O)[O-])c2)CC1. The summed E-state index contributed by atoms with van der Waals surface area (Å²) in [6, 6.07) is 10.3. The number of hydrogen-bond donors (Lipinski definition) is 0. The molecule has 0 aliphatic carbocycles. The number of carbonyl (C=O) groups is 1. The number of nitrogens with zero attached hydrogens (tertiary/aromatic N) is 3. The van der Waals surface area contributed by atoms with Crippen molar-refractivity contribution in [2.24, 2.45) is 0 Å². The Kier molecular flexibility index (Phi) is 4.97. The molecule has 0 N–H and O–H groups in total. The van der Waals surface area contributed by atoms with Crippen LogP contribution in [-0.4, -0.2) is 61.2 Å². The molecule has 2 aromatic rings. The van der Waals surface area contributed by atoms with Gasteiger partial charge in [-0.1, -0.05) is 6.07 Å². The van der Waals surface area contributed by atoms with Crippen LogP contribution in [0.1, 0.15) is 15.9 Å². The first-order valence-corrected chi connectivity index (χ1v) is 10.6. The van der Waals surface area contributed by atoms with Gasteiger partial charge in [0.2, 0.25) is 10.0 Å². The molecule has 1 saturated heterocycles. The fourth-order valence-corrected chi connectivity index (χ4v) is 5.00. The Balaban J connectivity index is 1.45. The Bertz CT molecular complexity index is 1080. The summed E-state index contributed by atoms with van der Waals surface area (Å²) in [4.78, 5) is 24.6. The van der Waals surface area contributed by atoms with Crippen LogP contribution in [0.2, 0.25) is 0 Å². The zero-order valence-electron chi connectivity index (χ0n) is 15.5. The van der Waals surface area contributed by atoms with Crippen LogP contribution in [0.15, 0.2) is 47.4 Å². The van der Waals surface area contributed by atoms with E-state index in [1.54, 1.807) is 17.0 Å². The van der Waals surface area contributed by atoms with E-state index in [2.05, 4.69) is 0 Å². The smallest absolute Gasteiger partial charge is 0.270 e. The number of nitro groups is 1. The topological polar surface area (TPSA) is 110 Å². The highest BCUT2D eigenvalue weighted by Gasteiger charge is 2.31. The molecule has 0 bridgehead atoms. The number of piperazine rings is 1. The lowest BCUT2D eigenvalue weighted by molar-refractivity contribution is -0.385. The third-order valence-electron chi connectivity index (χ3n) is 5.13. The second kappa shape index (κ2) is 7.45. The Morgan fingerprint density at radius 3 is 2.55 bits per heavy atom. The van der Waals surface area contributed by atoms with Gasteiger partial charge in [0, 0.05) is 50.3 Å². The largest absolute Gasteiger partial charge is 0.493 e. The summed E-state index contributed by atoms with van der Waals surface area (Å²) in [6.07, 6.45) is 0.770. The van der Waals surface area contributed by atoms with Crippen molar-refractivity contribution in [1.82, 2.24) is 9.21 Å². The summed E-state index contributed by atoms with van der Waals surface area (Å²) in [5.41, 5.74) is 1.28. The number of ether oxygens (including phenoxy) is 1. The molecule has 0 atom stereocenters. The fraction of sp³-hybridized carbons (Fsp3) is 0.316. The molecule has 29 heavy (non-hydrogen) atoms. The van der Waals surface area contributed by atoms with E-state index in [0.29, 0.717) is 12.2 Å². The molecule has 1 fully saturated rings. The van der Waals surface area contributed by atoms with Gasteiger partial charge >= 0.3 is 0 Å². The van der Waals surface area contributed by atoms with Gasteiger partial charge in [-0.3, -0.25) is 14.9 Å². The molecule has 1 amide bonds. The molecule has 2 heterocycles. The molecule has 9 nitrogen and oxygen atoms in total. The second-order valence-electron chi connectivity index (χ2n) is 6.87. The minimum atomic E-state index is -3.87. The first kappa shape index (κ1) is 19.3. The molecule has 0 saturated carbocycles. The van der Waals surface area contributed by atoms with E-state index in [1.807, 2.05) is 6.07 Å². The third-order valence-corrected chi connectivity index (χ3v) is 7.02. The summed E-state index contributed by atoms with van der Waals surface area (Å²) >= 11 is 0. The van der Waals surface area contributed by atoms with E-state index in [4.69, 9.17) is 4.74 Å². The maximum Gasteiger partial charge on any atom is 0.270 e. The first-order chi connectivity index (χ1) is 13.9. The Hall–Kier alpha value is -2.98. The molecular weight excluding hydrogens is 398 g/mol. The molecule has 0 radical (unpaired) electrons. The van der Waals surface area contributed by atoms with Crippen LogP contribution in [0.25, 0.3) is 0 Å². The minimum absolute atomic E-state index is 0.120. The first-order valence-electron chi connectivity index (χ1n) is 9.16. The van der Waals surface area contributed by atoms with E-state index >= 15 is 0 Å². The molecule has 0 spiro atoms. The van der Waals surface area contributed by atoms with E-state index in [1.165, 1.54) is 22.5 Å². The van der Waals surface area contributed by atoms with Crippen molar-refractivity contribution in [1.29, 1.82) is 0 Å². The van der Waals surface area contributed by atoms with Crippen LogP contribution < -0.4 is 4.74 Å². The molecule has 2 aliphatic heterocycles. The van der Waals surface area contributed by atoms with Gasteiger partial charge in [0.15, 0.2) is 0 Å². The number of amides is 1. The Labute approximate surface area is 167 Å². The maximum atomic E-state index is 12.8. The van der Waals surface area contributed by atoms with Gasteiger partial charge in [-0.15, -0.1) is 0 Å². The van der Waals surface area contributed by atoms with E-state index in [9.17, 15) is 23.3 Å². The molecule has 10 heteroatoms. The Morgan fingerprint density at radius 1 is 1.07 bits per heavy atom. The highest BCUT2D eigenvalue weighted by molar-refractivity contribution is 7.89. The predicted octanol–water partition coefficient (Wildman–Crippen LogP) is 1.68. The summed E-state index contributed by atoms with van der Waals surface area (Å²) in [7, 11) is -3.87. The van der Waals surface area contributed by atoms with Crippen LogP contribution in [0.4, 0.5) is 5.69 Å². The van der Waals surface area contributed by atoms with Gasteiger partial charge in [0.05, 0.1) is 16.4 Å². The number of nitro benzene ring substituents is 1. The van der Waals surface area contributed by atoms with Gasteiger partial charge < -0.3 is 9.64 Å². The number of benzene rings is 2. The molecular formula is C19H19N3O6S. The van der Waals surface area contributed by atoms with E-state index in [-0.39, 0.29) is 42.7 Å². The number of sulfonamides is 1. The standard InChI is InChI=1S/C19H19N3O6S/c23-19(15-4-5-18-14(12-15)6-11-28-18)20-7-9-21(10-8-20)29(26,27)17-3-1-2-16(13-17)22(24)25/h1-5,12-13H,6-11H2. The van der Waals surface area contributed by atoms with Crippen molar-refractivity contribution in [3.8, 4) is 5.75 Å². The van der Waals surface area contributed by atoms with Gasteiger partial charge in [-0.05, 0) is 29.8 Å². The van der Waals surface area contributed by atoms with Gasteiger partial charge in [-0.2, -0.15) is 4.31 Å². The number of rotatable bonds is 4. The van der Waals surface area contributed by atoms with Crippen LogP contribution >= 0.6 is 0 Å². The number of carbonyl (C=O) groups excluding carboxylic acids is 1. The lowest BCUT2D eigenvalue weighted by Crippen LogP contribution is -2.50. The number of fused-ring (bicyclic) bond motifs is 1. The van der Waals surface area contributed by atoms with E-state index in [0.717, 1.165) is 23.8 Å². The van der Waals surface area contributed by atoms with Crippen molar-refractivity contribution in [2.75, 3.05) is 32.8 Å². The summed E-state index contributed by atoms with van der Waals surface area (Å²) in [5.74, 6) is 0.654. The van der Waals surface area contributed by atoms with E-state index < -0.39 is 14.9 Å². The predicted molar refractivity (Wildman–Crippen MR) is 103 cm³/mol. The highest BCUT2D eigenvalue weighted by Crippen LogP contribution is 2.27. The molecule has 0 unspecified atom stereocenters. The van der Waals surface area contributed by atoms with Crippen LogP contribution in [-0.2, 0) is 16.4 Å². The van der Waals surface area contributed by atoms with Crippen molar-refractivity contribution in [3.05, 3.63) is 63.7 Å². The quantitative estimate of drug-likeness (QED) is 0.553. The minimum Gasteiger partial charge on any atom is -0.493 e. The second-order valence-corrected chi connectivity index (χ2v) is 8.81. The van der Waals surface area contributed by atoms with Crippen molar-refractivity contribution < 1.29 is 22.9 Å². The summed E-state index contributed by atoms with van der Waals surface area (Å²) < 4.78 is 32.4. The number of non-ortho nitro benzene ring substituents is 1. The summed E-state index contributed by atoms with van der Waals surface area (Å²) in [6.45, 7) is 1.37. The van der Waals surface area contributed by atoms with Crippen LogP contribution in [0.3, 0.4) is 0 Å². The zero-order chi connectivity index (χ0) is 20.6. The lowest BCUT2D eigenvalue weighted by Gasteiger charge is -2.34. The zero-order valence-corrected chi connectivity index (χ0v) is 16.3. The molecule has 152 valence electrons. The normalized spacial score (nSPS) is 16.9.